The summed E-state index contributed by atoms with van der Waals surface area (Å²) in [6, 6.07) is -0.797. The summed E-state index contributed by atoms with van der Waals surface area (Å²) in [5.41, 5.74) is -0.308. The molecule has 0 radical (unpaired) electrons. The quantitative estimate of drug-likeness (QED) is 0.389. The molecule has 10 heteroatoms. The molecule has 0 aromatic heterocycles. The maximum atomic E-state index is 11.8. The molecule has 10 nitrogen and oxygen atoms in total. The molecule has 0 saturated carbocycles. The van der Waals surface area contributed by atoms with Crippen LogP contribution in [0.5, 0.6) is 0 Å². The van der Waals surface area contributed by atoms with E-state index in [0.717, 1.165) is 4.90 Å². The minimum Gasteiger partial charge on any atom is -0.489 e. The predicted molar refractivity (Wildman–Crippen MR) is 55.5 cm³/mol. The second-order valence-corrected chi connectivity index (χ2v) is 4.40. The van der Waals surface area contributed by atoms with Gasteiger partial charge in [-0.05, 0) is 0 Å². The van der Waals surface area contributed by atoms with Crippen molar-refractivity contribution in [1.82, 2.24) is 10.2 Å². The summed E-state index contributed by atoms with van der Waals surface area (Å²) in [6.45, 7) is -0.129. The van der Waals surface area contributed by atoms with Crippen LogP contribution >= 0.6 is 0 Å². The first kappa shape index (κ1) is 12.1. The van der Waals surface area contributed by atoms with Gasteiger partial charge in [0.1, 0.15) is 18.3 Å². The number of nitrogens with zero attached hydrogens (tertiary/aromatic N) is 3. The fourth-order valence-electron chi connectivity index (χ4n) is 2.37. The van der Waals surface area contributed by atoms with Crippen LogP contribution in [0.3, 0.4) is 0 Å². The summed E-state index contributed by atoms with van der Waals surface area (Å²) in [5.74, 6) is -0.637. The Hall–Kier alpha value is -1.93. The molecular weight excluding hydrogens is 260 g/mol. The van der Waals surface area contributed by atoms with Crippen molar-refractivity contribution in [2.75, 3.05) is 6.61 Å². The van der Waals surface area contributed by atoms with E-state index in [1.165, 1.54) is 0 Å². The zero-order valence-electron chi connectivity index (χ0n) is 9.50. The zero-order valence-corrected chi connectivity index (χ0v) is 9.50. The van der Waals surface area contributed by atoms with E-state index in [1.54, 1.807) is 0 Å². The van der Waals surface area contributed by atoms with Gasteiger partial charge in [-0.2, -0.15) is 0 Å². The highest BCUT2D eigenvalue weighted by Crippen LogP contribution is 2.34. The molecule has 2 fully saturated rings. The SMILES string of the molecule is N#[N+]C1=C(O)NC(=O)N2C1OCC1OC2C(O)C1O. The van der Waals surface area contributed by atoms with Crippen molar-refractivity contribution in [3.63, 3.8) is 0 Å². The Labute approximate surface area is 106 Å². The lowest BCUT2D eigenvalue weighted by Crippen LogP contribution is -2.59. The standard InChI is InChI=1S/C9H10N4O6/c10-12-3-6(16)11-9(17)13-7(3)18-1-2-4(14)5(15)8(13)19-2/h2,4-5,7-8,14-15H,1H2,(H-,11,16,17)/p+1. The average molecular weight is 271 g/mol. The van der Waals surface area contributed by atoms with Crippen molar-refractivity contribution < 1.29 is 29.6 Å². The van der Waals surface area contributed by atoms with Crippen LogP contribution in [-0.4, -0.2) is 63.6 Å². The van der Waals surface area contributed by atoms with Gasteiger partial charge in [0, 0.05) is 0 Å². The van der Waals surface area contributed by atoms with Gasteiger partial charge in [0.05, 0.1) is 6.61 Å². The number of fused-ring (bicyclic) bond motifs is 4. The summed E-state index contributed by atoms with van der Waals surface area (Å²) >= 11 is 0. The predicted octanol–water partition coefficient (Wildman–Crippen LogP) is -1.61. The van der Waals surface area contributed by atoms with Crippen LogP contribution in [0.1, 0.15) is 0 Å². The molecule has 2 bridgehead atoms. The molecule has 3 aliphatic heterocycles. The van der Waals surface area contributed by atoms with Crippen LogP contribution in [0.4, 0.5) is 4.79 Å². The van der Waals surface area contributed by atoms with Gasteiger partial charge in [-0.3, -0.25) is 10.2 Å². The third-order valence-corrected chi connectivity index (χ3v) is 3.33. The molecule has 0 aromatic carbocycles. The zero-order chi connectivity index (χ0) is 13.7. The highest BCUT2D eigenvalue weighted by atomic mass is 16.6. The second-order valence-electron chi connectivity index (χ2n) is 4.40. The molecule has 3 aliphatic rings. The minimum atomic E-state index is -1.32. The van der Waals surface area contributed by atoms with Gasteiger partial charge in [-0.1, -0.05) is 0 Å². The summed E-state index contributed by atoms with van der Waals surface area (Å²) < 4.78 is 10.6. The Balaban J connectivity index is 2.02. The summed E-state index contributed by atoms with van der Waals surface area (Å²) in [5, 5.41) is 39.9. The number of hydrogen-bond donors (Lipinski definition) is 4. The molecule has 3 rings (SSSR count). The third-order valence-electron chi connectivity index (χ3n) is 3.33. The first-order valence-electron chi connectivity index (χ1n) is 5.55. The van der Waals surface area contributed by atoms with Crippen molar-refractivity contribution in [3.05, 3.63) is 16.6 Å². The van der Waals surface area contributed by atoms with E-state index < -0.39 is 42.7 Å². The van der Waals surface area contributed by atoms with Crippen LogP contribution in [0, 0.1) is 5.39 Å². The van der Waals surface area contributed by atoms with Gasteiger partial charge in [0.25, 0.3) is 12.1 Å². The third kappa shape index (κ3) is 1.57. The van der Waals surface area contributed by atoms with Crippen LogP contribution in [0.25, 0.3) is 4.98 Å². The number of carbonyl (C=O) groups is 1. The molecule has 102 valence electrons. The Morgan fingerprint density at radius 3 is 2.84 bits per heavy atom. The molecule has 0 aromatic rings. The number of hydrogen-bond acceptors (Lipinski definition) is 7. The Morgan fingerprint density at radius 2 is 2.16 bits per heavy atom. The van der Waals surface area contributed by atoms with Gasteiger partial charge in [-0.15, -0.1) is 0 Å². The number of aliphatic hydroxyl groups is 3. The van der Waals surface area contributed by atoms with Gasteiger partial charge >= 0.3 is 11.7 Å². The molecule has 19 heavy (non-hydrogen) atoms. The average Bonchev–Trinajstić information content (AvgIpc) is 2.56. The minimum absolute atomic E-state index is 0.129. The Kier molecular flexibility index (Phi) is 2.58. The largest absolute Gasteiger partial charge is 0.489 e. The first-order chi connectivity index (χ1) is 9.04. The van der Waals surface area contributed by atoms with Crippen LogP contribution in [0.2, 0.25) is 0 Å². The number of rotatable bonds is 0. The maximum absolute atomic E-state index is 11.8. The number of diazo groups is 1. The van der Waals surface area contributed by atoms with Gasteiger partial charge in [-0.25, -0.2) is 4.79 Å². The van der Waals surface area contributed by atoms with E-state index >= 15 is 0 Å². The summed E-state index contributed by atoms with van der Waals surface area (Å²) in [6.07, 6.45) is -5.66. The maximum Gasteiger partial charge on any atom is 0.469 e. The number of carbonyl (C=O) groups excluding carboxylic acids is 1. The molecule has 0 aliphatic carbocycles. The van der Waals surface area contributed by atoms with Gasteiger partial charge < -0.3 is 24.8 Å². The van der Waals surface area contributed by atoms with E-state index in [1.807, 2.05) is 5.32 Å². The van der Waals surface area contributed by atoms with Crippen molar-refractivity contribution in [1.29, 1.82) is 5.39 Å². The lowest BCUT2D eigenvalue weighted by molar-refractivity contribution is -0.100. The topological polar surface area (TPSA) is 140 Å². The number of amides is 2. The fourth-order valence-corrected chi connectivity index (χ4v) is 2.37. The first-order valence-corrected chi connectivity index (χ1v) is 5.55. The van der Waals surface area contributed by atoms with E-state index in [-0.39, 0.29) is 12.3 Å². The number of aliphatic hydroxyl groups excluding tert-OH is 3. The van der Waals surface area contributed by atoms with E-state index in [9.17, 15) is 20.1 Å². The monoisotopic (exact) mass is 271 g/mol. The molecule has 3 heterocycles. The van der Waals surface area contributed by atoms with Gasteiger partial charge in [0.15, 0.2) is 11.2 Å². The van der Waals surface area contributed by atoms with Crippen molar-refractivity contribution in [2.45, 2.75) is 30.8 Å². The smallest absolute Gasteiger partial charge is 0.469 e. The van der Waals surface area contributed by atoms with Crippen LogP contribution < -0.4 is 5.32 Å². The molecular formula is C9H11N4O6+. The van der Waals surface area contributed by atoms with Crippen LogP contribution in [0.15, 0.2) is 11.6 Å². The molecule has 5 atom stereocenters. The van der Waals surface area contributed by atoms with Crippen LogP contribution in [-0.2, 0) is 9.47 Å². The van der Waals surface area contributed by atoms with Crippen molar-refractivity contribution >= 4 is 6.03 Å². The summed E-state index contributed by atoms with van der Waals surface area (Å²) in [7, 11) is 0. The van der Waals surface area contributed by atoms with E-state index in [4.69, 9.17) is 14.9 Å². The normalized spacial score (nSPS) is 41.4. The Bertz CT molecular complexity index is 501. The van der Waals surface area contributed by atoms with E-state index in [2.05, 4.69) is 4.98 Å². The molecule has 4 N–H and O–H groups in total. The number of urea groups is 1. The fraction of sp³-hybridized carbons (Fsp3) is 0.667. The lowest BCUT2D eigenvalue weighted by Gasteiger charge is -2.34. The van der Waals surface area contributed by atoms with Crippen molar-refractivity contribution in [3.8, 4) is 0 Å². The molecule has 0 spiro atoms. The van der Waals surface area contributed by atoms with Crippen molar-refractivity contribution in [2.24, 2.45) is 0 Å². The lowest BCUT2D eigenvalue weighted by atomic mass is 10.1. The Morgan fingerprint density at radius 1 is 1.42 bits per heavy atom. The highest BCUT2D eigenvalue weighted by molar-refractivity contribution is 5.78. The summed E-state index contributed by atoms with van der Waals surface area (Å²) in [4.78, 5) is 15.6. The second kappa shape index (κ2) is 4.04. The van der Waals surface area contributed by atoms with E-state index in [0.29, 0.717) is 0 Å². The molecule has 2 amide bonds. The van der Waals surface area contributed by atoms with Gasteiger partial charge in [0.2, 0.25) is 5.39 Å². The number of nitrogens with one attached hydrogen (secondary N) is 1. The molecule has 5 unspecified atom stereocenters. The molecule has 2 saturated heterocycles. The number of ether oxygens (including phenoxy) is 2. The highest BCUT2D eigenvalue weighted by Gasteiger charge is 2.57.